The lowest BCUT2D eigenvalue weighted by Gasteiger charge is -2.17. The van der Waals surface area contributed by atoms with Crippen molar-refractivity contribution < 1.29 is 13.7 Å². The number of carbonyl (C=O) groups excluding carboxylic acids is 1. The predicted octanol–water partition coefficient (Wildman–Crippen LogP) is 3.77. The number of amides is 1. The van der Waals surface area contributed by atoms with Crippen molar-refractivity contribution in [3.8, 4) is 10.8 Å². The molecule has 1 aromatic carbocycles. The van der Waals surface area contributed by atoms with Gasteiger partial charge in [-0.05, 0) is 36.1 Å². The Hall–Kier alpha value is -2.54. The molecular formula is C17H14FN3O2S. The van der Waals surface area contributed by atoms with Crippen LogP contribution >= 0.6 is 11.3 Å². The molecule has 7 heteroatoms. The van der Waals surface area contributed by atoms with Gasteiger partial charge in [0.2, 0.25) is 5.91 Å². The van der Waals surface area contributed by atoms with Crippen molar-refractivity contribution in [2.75, 3.05) is 11.4 Å². The number of aromatic nitrogens is 2. The molecule has 1 unspecified atom stereocenters. The molecule has 3 aromatic rings. The van der Waals surface area contributed by atoms with Gasteiger partial charge in [-0.25, -0.2) is 4.39 Å². The lowest BCUT2D eigenvalue weighted by molar-refractivity contribution is -0.117. The molecule has 0 saturated carbocycles. The van der Waals surface area contributed by atoms with Crippen LogP contribution in [0.15, 0.2) is 40.2 Å². The van der Waals surface area contributed by atoms with E-state index < -0.39 is 5.82 Å². The standard InChI is InChI=1S/C17H14FN3O2S/c1-10-4-5-12(18)13(7-10)21-9-11(8-15(21)22)16-19-17(23-20-16)14-3-2-6-24-14/h2-7,11H,8-9H2,1H3. The monoisotopic (exact) mass is 343 g/mol. The van der Waals surface area contributed by atoms with Crippen LogP contribution in [0.25, 0.3) is 10.8 Å². The number of anilines is 1. The van der Waals surface area contributed by atoms with E-state index in [1.807, 2.05) is 24.4 Å². The third-order valence-electron chi connectivity index (χ3n) is 4.06. The number of hydrogen-bond donors (Lipinski definition) is 0. The normalized spacial score (nSPS) is 17.7. The first-order valence-corrected chi connectivity index (χ1v) is 8.44. The largest absolute Gasteiger partial charge is 0.333 e. The summed E-state index contributed by atoms with van der Waals surface area (Å²) in [5.41, 5.74) is 1.21. The quantitative estimate of drug-likeness (QED) is 0.726. The number of aryl methyl sites for hydroxylation is 1. The van der Waals surface area contributed by atoms with Gasteiger partial charge in [0, 0.05) is 18.9 Å². The molecule has 0 bridgehead atoms. The van der Waals surface area contributed by atoms with E-state index in [9.17, 15) is 9.18 Å². The summed E-state index contributed by atoms with van der Waals surface area (Å²) in [6.45, 7) is 2.22. The summed E-state index contributed by atoms with van der Waals surface area (Å²) in [5, 5.41) is 5.94. The molecule has 1 aliphatic rings. The molecule has 5 nitrogen and oxygen atoms in total. The van der Waals surface area contributed by atoms with Gasteiger partial charge >= 0.3 is 0 Å². The van der Waals surface area contributed by atoms with Crippen molar-refractivity contribution in [1.29, 1.82) is 0 Å². The van der Waals surface area contributed by atoms with Gasteiger partial charge in [0.05, 0.1) is 10.6 Å². The number of carbonyl (C=O) groups is 1. The molecule has 0 radical (unpaired) electrons. The highest BCUT2D eigenvalue weighted by Gasteiger charge is 2.35. The first kappa shape index (κ1) is 15.0. The van der Waals surface area contributed by atoms with Gasteiger partial charge in [-0.15, -0.1) is 11.3 Å². The van der Waals surface area contributed by atoms with Crippen LogP contribution in [0, 0.1) is 12.7 Å². The fraction of sp³-hybridized carbons (Fsp3) is 0.235. The van der Waals surface area contributed by atoms with Gasteiger partial charge in [0.25, 0.3) is 5.89 Å². The molecule has 2 aromatic heterocycles. The third kappa shape index (κ3) is 2.60. The molecule has 1 aliphatic heterocycles. The second-order valence-corrected chi connectivity index (χ2v) is 6.74. The molecule has 3 heterocycles. The van der Waals surface area contributed by atoms with Gasteiger partial charge < -0.3 is 9.42 Å². The van der Waals surface area contributed by atoms with Gasteiger partial charge in [-0.1, -0.05) is 17.3 Å². The fourth-order valence-electron chi connectivity index (χ4n) is 2.84. The van der Waals surface area contributed by atoms with E-state index in [0.717, 1.165) is 10.4 Å². The zero-order chi connectivity index (χ0) is 16.7. The SMILES string of the molecule is Cc1ccc(F)c(N2CC(c3noc(-c4cccs4)n3)CC2=O)c1. The summed E-state index contributed by atoms with van der Waals surface area (Å²) in [5.74, 6) is 0.207. The molecule has 0 N–H and O–H groups in total. The maximum absolute atomic E-state index is 14.1. The highest BCUT2D eigenvalue weighted by molar-refractivity contribution is 7.13. The molecule has 1 amide bonds. The van der Waals surface area contributed by atoms with Crippen LogP contribution in [0.3, 0.4) is 0 Å². The average Bonchev–Trinajstić information content (AvgIpc) is 3.28. The zero-order valence-corrected chi connectivity index (χ0v) is 13.7. The van der Waals surface area contributed by atoms with Crippen LogP contribution in [0.1, 0.15) is 23.7 Å². The minimum Gasteiger partial charge on any atom is -0.333 e. The minimum atomic E-state index is -0.401. The average molecular weight is 343 g/mol. The molecule has 122 valence electrons. The highest BCUT2D eigenvalue weighted by atomic mass is 32.1. The lowest BCUT2D eigenvalue weighted by Crippen LogP contribution is -2.25. The third-order valence-corrected chi connectivity index (χ3v) is 4.91. The van der Waals surface area contributed by atoms with Crippen molar-refractivity contribution >= 4 is 22.9 Å². The Morgan fingerprint density at radius 1 is 1.38 bits per heavy atom. The number of halogens is 1. The van der Waals surface area contributed by atoms with Crippen molar-refractivity contribution in [1.82, 2.24) is 10.1 Å². The van der Waals surface area contributed by atoms with Crippen molar-refractivity contribution in [3.05, 3.63) is 52.9 Å². The maximum atomic E-state index is 14.1. The van der Waals surface area contributed by atoms with Crippen molar-refractivity contribution in [2.24, 2.45) is 0 Å². The topological polar surface area (TPSA) is 59.2 Å². The Labute approximate surface area is 141 Å². The zero-order valence-electron chi connectivity index (χ0n) is 12.9. The molecular weight excluding hydrogens is 329 g/mol. The second kappa shape index (κ2) is 5.83. The summed E-state index contributed by atoms with van der Waals surface area (Å²) < 4.78 is 19.4. The number of rotatable bonds is 3. The van der Waals surface area contributed by atoms with E-state index in [2.05, 4.69) is 10.1 Å². The molecule has 24 heavy (non-hydrogen) atoms. The Kier molecular flexibility index (Phi) is 3.65. The summed E-state index contributed by atoms with van der Waals surface area (Å²) in [7, 11) is 0. The first-order chi connectivity index (χ1) is 11.6. The maximum Gasteiger partial charge on any atom is 0.267 e. The predicted molar refractivity (Wildman–Crippen MR) is 88.5 cm³/mol. The summed E-state index contributed by atoms with van der Waals surface area (Å²) in [4.78, 5) is 19.1. The smallest absolute Gasteiger partial charge is 0.267 e. The lowest BCUT2D eigenvalue weighted by atomic mass is 10.1. The van der Waals surface area contributed by atoms with Crippen LogP contribution in [0.4, 0.5) is 10.1 Å². The van der Waals surface area contributed by atoms with Gasteiger partial charge in [0.1, 0.15) is 5.82 Å². The van der Waals surface area contributed by atoms with Crippen molar-refractivity contribution in [2.45, 2.75) is 19.3 Å². The molecule has 1 saturated heterocycles. The number of nitrogens with zero attached hydrogens (tertiary/aromatic N) is 3. The Bertz CT molecular complexity index is 891. The molecule has 4 rings (SSSR count). The Morgan fingerprint density at radius 3 is 3.04 bits per heavy atom. The summed E-state index contributed by atoms with van der Waals surface area (Å²) >= 11 is 1.51. The van der Waals surface area contributed by atoms with Crippen LogP contribution in [-0.4, -0.2) is 22.6 Å². The van der Waals surface area contributed by atoms with Crippen molar-refractivity contribution in [3.63, 3.8) is 0 Å². The molecule has 0 aliphatic carbocycles. The first-order valence-electron chi connectivity index (χ1n) is 7.56. The number of benzene rings is 1. The van der Waals surface area contributed by atoms with Crippen LogP contribution in [0.2, 0.25) is 0 Å². The van der Waals surface area contributed by atoms with E-state index >= 15 is 0 Å². The molecule has 0 spiro atoms. The van der Waals surface area contributed by atoms with E-state index in [0.29, 0.717) is 23.9 Å². The minimum absolute atomic E-state index is 0.132. The summed E-state index contributed by atoms with van der Waals surface area (Å²) in [6.07, 6.45) is 0.247. The summed E-state index contributed by atoms with van der Waals surface area (Å²) in [6, 6.07) is 8.56. The van der Waals surface area contributed by atoms with E-state index in [-0.39, 0.29) is 18.2 Å². The van der Waals surface area contributed by atoms with Gasteiger partial charge in [-0.3, -0.25) is 4.79 Å². The van der Waals surface area contributed by atoms with Gasteiger partial charge in [-0.2, -0.15) is 4.98 Å². The Morgan fingerprint density at radius 2 is 2.25 bits per heavy atom. The number of thiophene rings is 1. The van der Waals surface area contributed by atoms with Crippen LogP contribution < -0.4 is 4.90 Å². The van der Waals surface area contributed by atoms with Crippen LogP contribution in [0.5, 0.6) is 0 Å². The van der Waals surface area contributed by atoms with E-state index in [1.165, 1.54) is 22.3 Å². The fourth-order valence-corrected chi connectivity index (χ4v) is 3.49. The number of hydrogen-bond acceptors (Lipinski definition) is 5. The van der Waals surface area contributed by atoms with Crippen LogP contribution in [-0.2, 0) is 4.79 Å². The second-order valence-electron chi connectivity index (χ2n) is 5.80. The van der Waals surface area contributed by atoms with E-state index in [4.69, 9.17) is 4.52 Å². The van der Waals surface area contributed by atoms with Gasteiger partial charge in [0.15, 0.2) is 5.82 Å². The Balaban J connectivity index is 1.59. The molecule has 1 atom stereocenters. The highest BCUT2D eigenvalue weighted by Crippen LogP contribution is 2.33. The molecule has 1 fully saturated rings. The van der Waals surface area contributed by atoms with E-state index in [1.54, 1.807) is 12.1 Å².